The maximum atomic E-state index is 13.1. The van der Waals surface area contributed by atoms with Crippen LogP contribution in [0.2, 0.25) is 0 Å². The van der Waals surface area contributed by atoms with Crippen molar-refractivity contribution in [3.05, 3.63) is 57.4 Å². The van der Waals surface area contributed by atoms with Crippen molar-refractivity contribution in [2.75, 3.05) is 20.3 Å². The smallest absolute Gasteiger partial charge is 0.340 e. The maximum Gasteiger partial charge on any atom is 0.340 e. The number of rotatable bonds is 9. The Labute approximate surface area is 203 Å². The second-order valence-corrected chi connectivity index (χ2v) is 8.89. The minimum Gasteiger partial charge on any atom is -0.465 e. The van der Waals surface area contributed by atoms with Crippen LogP contribution in [0.3, 0.4) is 0 Å². The number of aromatic nitrogens is 1. The molecule has 0 bridgehead atoms. The van der Waals surface area contributed by atoms with Crippen LogP contribution in [-0.4, -0.2) is 59.3 Å². The number of Topliss-reactive ketones (excluding diaryl/α,β-unsaturated/α-hetero) is 1. The van der Waals surface area contributed by atoms with E-state index in [1.165, 1.54) is 30.2 Å². The first-order valence-corrected chi connectivity index (χ1v) is 11.7. The molecule has 0 spiro atoms. The lowest BCUT2D eigenvalue weighted by Gasteiger charge is -2.12. The topological polar surface area (TPSA) is 112 Å². The third-order valence-electron chi connectivity index (χ3n) is 6.55. The van der Waals surface area contributed by atoms with Gasteiger partial charge in [-0.15, -0.1) is 0 Å². The fourth-order valence-electron chi connectivity index (χ4n) is 4.65. The number of ketones is 1. The van der Waals surface area contributed by atoms with Gasteiger partial charge in [-0.2, -0.15) is 0 Å². The molecule has 184 valence electrons. The number of carbonyl (C=O) groups excluding carboxylic acids is 5. The fraction of sp³-hybridized carbons (Fsp3) is 0.423. The fourth-order valence-corrected chi connectivity index (χ4v) is 4.65. The Hall–Kier alpha value is -3.75. The molecular weight excluding hydrogens is 452 g/mol. The molecule has 0 unspecified atom stereocenters. The molecule has 0 N–H and O–H groups in total. The number of methoxy groups -OCH3 is 1. The molecule has 2 aliphatic rings. The summed E-state index contributed by atoms with van der Waals surface area (Å²) in [4.78, 5) is 64.5. The number of amides is 2. The Morgan fingerprint density at radius 3 is 2.26 bits per heavy atom. The minimum absolute atomic E-state index is 0.0617. The van der Waals surface area contributed by atoms with E-state index in [9.17, 15) is 24.0 Å². The van der Waals surface area contributed by atoms with E-state index in [2.05, 4.69) is 0 Å². The van der Waals surface area contributed by atoms with E-state index in [1.54, 1.807) is 13.8 Å². The van der Waals surface area contributed by atoms with Crippen LogP contribution in [0.1, 0.15) is 102 Å². The molecule has 0 atom stereocenters. The zero-order valence-electron chi connectivity index (χ0n) is 20.3. The van der Waals surface area contributed by atoms with Gasteiger partial charge in [0, 0.05) is 24.0 Å². The number of carbonyl (C=O) groups is 5. The van der Waals surface area contributed by atoms with E-state index < -0.39 is 30.2 Å². The summed E-state index contributed by atoms with van der Waals surface area (Å²) >= 11 is 0. The molecule has 0 radical (unpaired) electrons. The molecule has 1 aromatic heterocycles. The summed E-state index contributed by atoms with van der Waals surface area (Å²) < 4.78 is 12.1. The predicted octanol–water partition coefficient (Wildman–Crippen LogP) is 3.66. The van der Waals surface area contributed by atoms with E-state index in [-0.39, 0.29) is 39.8 Å². The van der Waals surface area contributed by atoms with Gasteiger partial charge < -0.3 is 14.0 Å². The number of fused-ring (bicyclic) bond motifs is 1. The van der Waals surface area contributed by atoms with Gasteiger partial charge in [-0.05, 0) is 51.3 Å². The number of unbranched alkanes of at least 4 members (excludes halogenated alkanes) is 1. The molecule has 4 rings (SSSR count). The SMILES string of the molecule is CCCCN1C(=O)c2ccc(C(=O)OCC(=O)c3c(C(=O)OC)c(C)n(C4CC4)c3C)cc2C1=O. The van der Waals surface area contributed by atoms with Gasteiger partial charge in [0.15, 0.2) is 6.61 Å². The third-order valence-corrected chi connectivity index (χ3v) is 6.55. The summed E-state index contributed by atoms with van der Waals surface area (Å²) in [5.74, 6) is -2.76. The van der Waals surface area contributed by atoms with Gasteiger partial charge in [-0.25, -0.2) is 9.59 Å². The second kappa shape index (κ2) is 9.48. The lowest BCUT2D eigenvalue weighted by atomic mass is 10.0. The molecule has 2 heterocycles. The van der Waals surface area contributed by atoms with Crippen molar-refractivity contribution in [2.24, 2.45) is 0 Å². The highest BCUT2D eigenvalue weighted by molar-refractivity contribution is 6.22. The van der Waals surface area contributed by atoms with Gasteiger partial charge in [-0.3, -0.25) is 19.3 Å². The summed E-state index contributed by atoms with van der Waals surface area (Å²) in [6.07, 6.45) is 3.46. The summed E-state index contributed by atoms with van der Waals surface area (Å²) in [5.41, 5.74) is 2.12. The summed E-state index contributed by atoms with van der Waals surface area (Å²) in [5, 5.41) is 0. The first-order valence-electron chi connectivity index (χ1n) is 11.7. The Bertz CT molecular complexity index is 1250. The van der Waals surface area contributed by atoms with Crippen molar-refractivity contribution < 1.29 is 33.4 Å². The van der Waals surface area contributed by atoms with Crippen molar-refractivity contribution in [1.29, 1.82) is 0 Å². The largest absolute Gasteiger partial charge is 0.465 e. The van der Waals surface area contributed by atoms with E-state index in [1.807, 2.05) is 11.5 Å². The Balaban J connectivity index is 1.52. The number of hydrogen-bond donors (Lipinski definition) is 0. The van der Waals surface area contributed by atoms with Gasteiger partial charge in [0.1, 0.15) is 0 Å². The van der Waals surface area contributed by atoms with Crippen molar-refractivity contribution in [3.8, 4) is 0 Å². The average Bonchev–Trinajstić information content (AvgIpc) is 3.61. The normalized spacial score (nSPS) is 14.8. The van der Waals surface area contributed by atoms with Crippen molar-refractivity contribution >= 4 is 29.5 Å². The van der Waals surface area contributed by atoms with Crippen molar-refractivity contribution in [1.82, 2.24) is 9.47 Å². The summed E-state index contributed by atoms with van der Waals surface area (Å²) in [6.45, 7) is 5.24. The first kappa shape index (κ1) is 24.4. The number of hydrogen-bond acceptors (Lipinski definition) is 7. The van der Waals surface area contributed by atoms with E-state index >= 15 is 0 Å². The minimum atomic E-state index is -0.802. The van der Waals surface area contributed by atoms with Crippen LogP contribution >= 0.6 is 0 Å². The monoisotopic (exact) mass is 480 g/mol. The Kier molecular flexibility index (Phi) is 6.60. The van der Waals surface area contributed by atoms with Crippen LogP contribution < -0.4 is 0 Å². The zero-order chi connectivity index (χ0) is 25.4. The van der Waals surface area contributed by atoms with Gasteiger partial charge >= 0.3 is 11.9 Å². The molecule has 0 saturated heterocycles. The van der Waals surface area contributed by atoms with E-state index in [0.717, 1.165) is 19.3 Å². The molecule has 1 saturated carbocycles. The molecule has 1 aliphatic heterocycles. The molecular formula is C26H28N2O7. The van der Waals surface area contributed by atoms with Gasteiger partial charge in [0.25, 0.3) is 11.8 Å². The number of ether oxygens (including phenoxy) is 2. The van der Waals surface area contributed by atoms with Crippen molar-refractivity contribution in [2.45, 2.75) is 52.5 Å². The Morgan fingerprint density at radius 2 is 1.63 bits per heavy atom. The number of esters is 2. The van der Waals surface area contributed by atoms with Gasteiger partial charge in [-0.1, -0.05) is 13.3 Å². The Morgan fingerprint density at radius 1 is 0.971 bits per heavy atom. The second-order valence-electron chi connectivity index (χ2n) is 8.89. The number of nitrogens with zero attached hydrogens (tertiary/aromatic N) is 2. The lowest BCUT2D eigenvalue weighted by molar-refractivity contribution is 0.0473. The zero-order valence-corrected chi connectivity index (χ0v) is 20.3. The highest BCUT2D eigenvalue weighted by atomic mass is 16.5. The molecule has 1 fully saturated rings. The van der Waals surface area contributed by atoms with Gasteiger partial charge in [0.2, 0.25) is 5.78 Å². The first-order chi connectivity index (χ1) is 16.7. The molecule has 2 aromatic rings. The van der Waals surface area contributed by atoms with Crippen LogP contribution in [-0.2, 0) is 9.47 Å². The predicted molar refractivity (Wildman–Crippen MR) is 125 cm³/mol. The molecule has 1 aromatic carbocycles. The van der Waals surface area contributed by atoms with Crippen LogP contribution in [0.15, 0.2) is 18.2 Å². The van der Waals surface area contributed by atoms with E-state index in [0.29, 0.717) is 24.4 Å². The van der Waals surface area contributed by atoms with E-state index in [4.69, 9.17) is 9.47 Å². The molecule has 9 nitrogen and oxygen atoms in total. The lowest BCUT2D eigenvalue weighted by Crippen LogP contribution is -2.30. The average molecular weight is 481 g/mol. The van der Waals surface area contributed by atoms with Crippen LogP contribution in [0.5, 0.6) is 0 Å². The van der Waals surface area contributed by atoms with Crippen LogP contribution in [0.25, 0.3) is 0 Å². The molecule has 1 aliphatic carbocycles. The number of imide groups is 1. The summed E-state index contributed by atoms with van der Waals surface area (Å²) in [6, 6.07) is 4.40. The number of benzene rings is 1. The van der Waals surface area contributed by atoms with Crippen LogP contribution in [0.4, 0.5) is 0 Å². The quantitative estimate of drug-likeness (QED) is 0.306. The van der Waals surface area contributed by atoms with Crippen molar-refractivity contribution in [3.63, 3.8) is 0 Å². The maximum absolute atomic E-state index is 13.1. The highest BCUT2D eigenvalue weighted by Gasteiger charge is 2.36. The molecule has 35 heavy (non-hydrogen) atoms. The summed E-state index contributed by atoms with van der Waals surface area (Å²) in [7, 11) is 1.25. The molecule has 9 heteroatoms. The third kappa shape index (κ3) is 4.26. The van der Waals surface area contributed by atoms with Crippen LogP contribution in [0, 0.1) is 13.8 Å². The van der Waals surface area contributed by atoms with Gasteiger partial charge in [0.05, 0.1) is 34.9 Å². The highest BCUT2D eigenvalue weighted by Crippen LogP contribution is 2.40. The molecule has 2 amide bonds. The standard InChI is InChI=1S/C26H28N2O7/c1-5-6-11-27-23(30)18-10-7-16(12-19(18)24(27)31)25(32)35-13-20(29)21-14(2)28(17-8-9-17)15(3)22(21)26(33)34-4/h7,10,12,17H,5-6,8-9,11,13H2,1-4H3.